The molecule has 4 rings (SSSR count). The van der Waals surface area contributed by atoms with Gasteiger partial charge in [-0.1, -0.05) is 18.2 Å². The zero-order chi connectivity index (χ0) is 25.1. The number of phenols is 1. The molecule has 1 aliphatic rings. The average molecular weight is 538 g/mol. The summed E-state index contributed by atoms with van der Waals surface area (Å²) in [5.74, 6) is -1.24. The Hall–Kier alpha value is -4.51. The quantitative estimate of drug-likeness (QED) is 0.206. The van der Waals surface area contributed by atoms with Gasteiger partial charge in [-0.3, -0.25) is 25.0 Å². The van der Waals surface area contributed by atoms with Crippen molar-refractivity contribution in [3.05, 3.63) is 98.0 Å². The average Bonchev–Trinajstić information content (AvgIpc) is 2.82. The number of nitrogens with zero attached hydrogens (tertiary/aromatic N) is 2. The molecule has 4 amide bonds. The highest BCUT2D eigenvalue weighted by Crippen LogP contribution is 2.29. The highest BCUT2D eigenvalue weighted by molar-refractivity contribution is 9.10. The van der Waals surface area contributed by atoms with Crippen LogP contribution in [0.25, 0.3) is 6.08 Å². The summed E-state index contributed by atoms with van der Waals surface area (Å²) in [6.45, 7) is 0.0886. The van der Waals surface area contributed by atoms with Crippen molar-refractivity contribution in [3.63, 3.8) is 0 Å². The van der Waals surface area contributed by atoms with Crippen LogP contribution in [0.3, 0.4) is 0 Å². The lowest BCUT2D eigenvalue weighted by Crippen LogP contribution is -2.54. The van der Waals surface area contributed by atoms with Crippen molar-refractivity contribution in [2.45, 2.75) is 6.61 Å². The summed E-state index contributed by atoms with van der Waals surface area (Å²) >= 11 is 3.38. The van der Waals surface area contributed by atoms with Gasteiger partial charge in [0.25, 0.3) is 17.5 Å². The molecule has 0 saturated carbocycles. The van der Waals surface area contributed by atoms with Crippen LogP contribution in [0.15, 0.2) is 76.8 Å². The Bertz CT molecular complexity index is 1390. The summed E-state index contributed by atoms with van der Waals surface area (Å²) in [7, 11) is 0. The maximum Gasteiger partial charge on any atom is 0.335 e. The largest absolute Gasteiger partial charge is 0.508 e. The summed E-state index contributed by atoms with van der Waals surface area (Å²) in [4.78, 5) is 48.8. The highest BCUT2D eigenvalue weighted by Gasteiger charge is 2.36. The number of carbonyl (C=O) groups is 3. The van der Waals surface area contributed by atoms with Crippen LogP contribution in [0, 0.1) is 10.1 Å². The van der Waals surface area contributed by atoms with Crippen molar-refractivity contribution in [1.82, 2.24) is 5.32 Å². The fourth-order valence-corrected chi connectivity index (χ4v) is 3.82. The van der Waals surface area contributed by atoms with Gasteiger partial charge in [-0.2, -0.15) is 0 Å². The summed E-state index contributed by atoms with van der Waals surface area (Å²) in [5.41, 5.74) is 0.992. The standard InChI is InChI=1S/C24H16BrN3O7/c25-20-12-14(4-9-21(20)35-13-15-2-1-3-17(10-15)28(33)34)11-19-22(30)26-24(32)27(23(19)31)16-5-7-18(29)8-6-16/h1-12,29H,13H2,(H,26,30,32)/b19-11+. The van der Waals surface area contributed by atoms with Gasteiger partial charge in [0, 0.05) is 12.1 Å². The first-order valence-electron chi connectivity index (χ1n) is 10.1. The summed E-state index contributed by atoms with van der Waals surface area (Å²) in [5, 5.41) is 22.5. The van der Waals surface area contributed by atoms with E-state index >= 15 is 0 Å². The smallest absolute Gasteiger partial charge is 0.335 e. The Balaban J connectivity index is 1.54. The number of amides is 4. The Kier molecular flexibility index (Phi) is 6.60. The molecule has 11 heteroatoms. The molecule has 0 radical (unpaired) electrons. The molecular weight excluding hydrogens is 522 g/mol. The number of rotatable bonds is 6. The molecular formula is C24H16BrN3O7. The minimum absolute atomic E-state index is 0.0388. The monoisotopic (exact) mass is 537 g/mol. The molecule has 2 N–H and O–H groups in total. The van der Waals surface area contributed by atoms with Gasteiger partial charge in [0.05, 0.1) is 15.1 Å². The van der Waals surface area contributed by atoms with Crippen LogP contribution >= 0.6 is 15.9 Å². The van der Waals surface area contributed by atoms with E-state index < -0.39 is 22.8 Å². The lowest BCUT2D eigenvalue weighted by molar-refractivity contribution is -0.384. The summed E-state index contributed by atoms with van der Waals surface area (Å²) in [6.07, 6.45) is 1.34. The molecule has 1 heterocycles. The number of benzene rings is 3. The first-order chi connectivity index (χ1) is 16.7. The van der Waals surface area contributed by atoms with Gasteiger partial charge in [-0.15, -0.1) is 0 Å². The number of halogens is 1. The first kappa shape index (κ1) is 23.6. The van der Waals surface area contributed by atoms with Crippen LogP contribution in [0.5, 0.6) is 11.5 Å². The third-order valence-corrected chi connectivity index (χ3v) is 5.61. The second-order valence-corrected chi connectivity index (χ2v) is 8.23. The van der Waals surface area contributed by atoms with Crippen molar-refractivity contribution < 1.29 is 29.2 Å². The molecule has 1 saturated heterocycles. The number of nitro groups is 1. The minimum atomic E-state index is -0.895. The Morgan fingerprint density at radius 2 is 1.80 bits per heavy atom. The molecule has 0 aliphatic carbocycles. The number of barbiturate groups is 1. The maximum absolute atomic E-state index is 13.0. The number of nitrogens with one attached hydrogen (secondary N) is 1. The highest BCUT2D eigenvalue weighted by atomic mass is 79.9. The number of ether oxygens (including phenoxy) is 1. The van der Waals surface area contributed by atoms with Crippen molar-refractivity contribution >= 4 is 51.2 Å². The van der Waals surface area contributed by atoms with E-state index in [1.807, 2.05) is 0 Å². The minimum Gasteiger partial charge on any atom is -0.508 e. The summed E-state index contributed by atoms with van der Waals surface area (Å²) < 4.78 is 6.25. The van der Waals surface area contributed by atoms with Crippen LogP contribution < -0.4 is 15.0 Å². The predicted octanol–water partition coefficient (Wildman–Crippen LogP) is 4.31. The molecule has 1 fully saturated rings. The second-order valence-electron chi connectivity index (χ2n) is 7.38. The third-order valence-electron chi connectivity index (χ3n) is 4.99. The Morgan fingerprint density at radius 3 is 2.49 bits per heavy atom. The van der Waals surface area contributed by atoms with E-state index in [1.165, 1.54) is 42.5 Å². The molecule has 35 heavy (non-hydrogen) atoms. The number of carbonyl (C=O) groups excluding carboxylic acids is 3. The Morgan fingerprint density at radius 1 is 1.06 bits per heavy atom. The van der Waals surface area contributed by atoms with Crippen molar-refractivity contribution in [1.29, 1.82) is 0 Å². The number of urea groups is 1. The van der Waals surface area contributed by atoms with E-state index in [4.69, 9.17) is 4.74 Å². The van der Waals surface area contributed by atoms with E-state index in [-0.39, 0.29) is 29.3 Å². The third kappa shape index (κ3) is 5.20. The molecule has 176 valence electrons. The van der Waals surface area contributed by atoms with Crippen LogP contribution in [-0.2, 0) is 16.2 Å². The Labute approximate surface area is 206 Å². The van der Waals surface area contributed by atoms with Crippen molar-refractivity contribution in [2.24, 2.45) is 0 Å². The number of nitro benzene ring substituents is 1. The van der Waals surface area contributed by atoms with Crippen LogP contribution in [0.1, 0.15) is 11.1 Å². The zero-order valence-electron chi connectivity index (χ0n) is 17.8. The van der Waals surface area contributed by atoms with Gasteiger partial charge in [0.2, 0.25) is 0 Å². The predicted molar refractivity (Wildman–Crippen MR) is 129 cm³/mol. The number of aromatic hydroxyl groups is 1. The van der Waals surface area contributed by atoms with Gasteiger partial charge in [-0.25, -0.2) is 9.69 Å². The van der Waals surface area contributed by atoms with E-state index in [1.54, 1.807) is 30.3 Å². The van der Waals surface area contributed by atoms with E-state index in [9.17, 15) is 29.6 Å². The normalized spacial score (nSPS) is 14.7. The molecule has 10 nitrogen and oxygen atoms in total. The van der Waals surface area contributed by atoms with E-state index in [2.05, 4.69) is 21.2 Å². The fraction of sp³-hybridized carbons (Fsp3) is 0.0417. The lowest BCUT2D eigenvalue weighted by Gasteiger charge is -2.26. The van der Waals surface area contributed by atoms with Gasteiger partial charge in [0.1, 0.15) is 23.7 Å². The van der Waals surface area contributed by atoms with Crippen molar-refractivity contribution in [2.75, 3.05) is 4.90 Å². The number of phenolic OH excluding ortho intramolecular Hbond substituents is 1. The molecule has 0 bridgehead atoms. The van der Waals surface area contributed by atoms with Crippen LogP contribution in [0.4, 0.5) is 16.2 Å². The fourth-order valence-electron chi connectivity index (χ4n) is 3.31. The number of hydrogen-bond acceptors (Lipinski definition) is 7. The molecule has 0 spiro atoms. The lowest BCUT2D eigenvalue weighted by atomic mass is 10.1. The van der Waals surface area contributed by atoms with Gasteiger partial charge >= 0.3 is 6.03 Å². The van der Waals surface area contributed by atoms with E-state index in [0.717, 1.165) is 4.90 Å². The maximum atomic E-state index is 13.0. The van der Waals surface area contributed by atoms with Gasteiger partial charge < -0.3 is 9.84 Å². The topological polar surface area (TPSA) is 139 Å². The van der Waals surface area contributed by atoms with E-state index in [0.29, 0.717) is 21.3 Å². The molecule has 1 aliphatic heterocycles. The first-order valence-corrected chi connectivity index (χ1v) is 10.9. The molecule has 3 aromatic rings. The summed E-state index contributed by atoms with van der Waals surface area (Å²) in [6, 6.07) is 15.4. The zero-order valence-corrected chi connectivity index (χ0v) is 19.4. The number of hydrogen-bond donors (Lipinski definition) is 2. The SMILES string of the molecule is O=C1NC(=O)N(c2ccc(O)cc2)C(=O)/C1=C/c1ccc(OCc2cccc([N+](=O)[O-])c2)c(Br)c1. The van der Waals surface area contributed by atoms with Gasteiger partial charge in [0.15, 0.2) is 0 Å². The number of non-ortho nitro benzene ring substituents is 1. The molecule has 0 aromatic heterocycles. The number of imide groups is 2. The second kappa shape index (κ2) is 9.77. The van der Waals surface area contributed by atoms with Crippen molar-refractivity contribution in [3.8, 4) is 11.5 Å². The molecule has 0 unspecified atom stereocenters. The molecule has 0 atom stereocenters. The van der Waals surface area contributed by atoms with Crippen LogP contribution in [-0.4, -0.2) is 27.9 Å². The van der Waals surface area contributed by atoms with Gasteiger partial charge in [-0.05, 0) is 69.5 Å². The number of anilines is 1. The molecule has 3 aromatic carbocycles. The van der Waals surface area contributed by atoms with Crippen LogP contribution in [0.2, 0.25) is 0 Å².